The Bertz CT molecular complexity index is 937. The number of carbonyl (C=O) groups excluding carboxylic acids is 1. The van der Waals surface area contributed by atoms with Gasteiger partial charge < -0.3 is 15.2 Å². The molecule has 4 rings (SSSR count). The lowest BCUT2D eigenvalue weighted by Crippen LogP contribution is -2.45. The smallest absolute Gasteiger partial charge is 0.317 e. The van der Waals surface area contributed by atoms with Crippen LogP contribution in [0.5, 0.6) is 0 Å². The number of nitrogens with zero attached hydrogens (tertiary/aromatic N) is 2. The molecule has 1 atom stereocenters. The highest BCUT2D eigenvalue weighted by Gasteiger charge is 2.28. The predicted octanol–water partition coefficient (Wildman–Crippen LogP) is 4.68. The third-order valence-electron chi connectivity index (χ3n) is 5.12. The molecule has 1 fully saturated rings. The normalized spacial score (nSPS) is 17.4. The van der Waals surface area contributed by atoms with E-state index >= 15 is 0 Å². The van der Waals surface area contributed by atoms with Crippen molar-refractivity contribution in [3.63, 3.8) is 0 Å². The summed E-state index contributed by atoms with van der Waals surface area (Å²) in [5, 5.41) is 12.1. The zero-order valence-corrected chi connectivity index (χ0v) is 16.3. The van der Waals surface area contributed by atoms with Crippen LogP contribution in [0.3, 0.4) is 0 Å². The SMILES string of the molecule is O=C(NCCc1c[nH]c2cc(Cl)cc(Cl)c12)N1CCCCC1c1cn[nH]c1. The Morgan fingerprint density at radius 1 is 1.30 bits per heavy atom. The lowest BCUT2D eigenvalue weighted by Gasteiger charge is -2.35. The number of benzene rings is 1. The summed E-state index contributed by atoms with van der Waals surface area (Å²) < 4.78 is 0. The van der Waals surface area contributed by atoms with Crippen molar-refractivity contribution in [2.75, 3.05) is 13.1 Å². The number of hydrogen-bond acceptors (Lipinski definition) is 2. The summed E-state index contributed by atoms with van der Waals surface area (Å²) in [5.74, 6) is 0. The number of carbonyl (C=O) groups is 1. The fourth-order valence-corrected chi connectivity index (χ4v) is 4.43. The molecule has 3 N–H and O–H groups in total. The van der Waals surface area contributed by atoms with Gasteiger partial charge >= 0.3 is 6.03 Å². The number of hydrogen-bond donors (Lipinski definition) is 3. The van der Waals surface area contributed by atoms with Crippen molar-refractivity contribution in [2.45, 2.75) is 31.7 Å². The average molecular weight is 406 g/mol. The number of aromatic nitrogens is 3. The average Bonchev–Trinajstić information content (AvgIpc) is 3.32. The summed E-state index contributed by atoms with van der Waals surface area (Å²) in [6, 6.07) is 3.65. The van der Waals surface area contributed by atoms with E-state index in [4.69, 9.17) is 23.2 Å². The Labute approximate surface area is 167 Å². The zero-order chi connectivity index (χ0) is 18.8. The van der Waals surface area contributed by atoms with Crippen molar-refractivity contribution in [1.82, 2.24) is 25.4 Å². The second-order valence-corrected chi connectivity index (χ2v) is 7.69. The van der Waals surface area contributed by atoms with Crippen LogP contribution >= 0.6 is 23.2 Å². The quantitative estimate of drug-likeness (QED) is 0.589. The Balaban J connectivity index is 1.41. The standard InChI is InChI=1S/C19H21Cl2N5O/c20-14-7-15(21)18-12(9-23-16(18)8-14)4-5-22-19(27)26-6-2-1-3-17(26)13-10-24-25-11-13/h7-11,17,23H,1-6H2,(H,22,27)(H,24,25). The molecule has 6 nitrogen and oxygen atoms in total. The molecule has 142 valence electrons. The van der Waals surface area contributed by atoms with Crippen LogP contribution in [0.25, 0.3) is 10.9 Å². The van der Waals surface area contributed by atoms with E-state index in [9.17, 15) is 4.79 Å². The van der Waals surface area contributed by atoms with Crippen molar-refractivity contribution in [3.05, 3.63) is 51.9 Å². The summed E-state index contributed by atoms with van der Waals surface area (Å²) in [7, 11) is 0. The Hall–Kier alpha value is -2.18. The summed E-state index contributed by atoms with van der Waals surface area (Å²) >= 11 is 12.4. The molecule has 0 spiro atoms. The van der Waals surface area contributed by atoms with E-state index in [1.807, 2.05) is 23.4 Å². The van der Waals surface area contributed by atoms with E-state index in [0.29, 0.717) is 23.0 Å². The minimum atomic E-state index is -0.0325. The van der Waals surface area contributed by atoms with Crippen LogP contribution in [0.15, 0.2) is 30.7 Å². The molecule has 1 saturated heterocycles. The third-order valence-corrected chi connectivity index (χ3v) is 5.63. The molecule has 1 aromatic carbocycles. The molecule has 1 unspecified atom stereocenters. The van der Waals surface area contributed by atoms with E-state index in [0.717, 1.165) is 47.8 Å². The van der Waals surface area contributed by atoms with Crippen molar-refractivity contribution in [3.8, 4) is 0 Å². The van der Waals surface area contributed by atoms with Gasteiger partial charge in [0.1, 0.15) is 0 Å². The van der Waals surface area contributed by atoms with Crippen LogP contribution in [-0.4, -0.2) is 39.2 Å². The summed E-state index contributed by atoms with van der Waals surface area (Å²) in [5.41, 5.74) is 3.03. The van der Waals surface area contributed by atoms with Crippen LogP contribution in [0.2, 0.25) is 10.0 Å². The Morgan fingerprint density at radius 2 is 2.19 bits per heavy atom. The number of rotatable bonds is 4. The van der Waals surface area contributed by atoms with Gasteiger partial charge in [-0.3, -0.25) is 5.10 Å². The molecule has 0 saturated carbocycles. The summed E-state index contributed by atoms with van der Waals surface area (Å²) in [6.07, 6.45) is 9.40. The van der Waals surface area contributed by atoms with Gasteiger partial charge in [-0.05, 0) is 43.4 Å². The number of aromatic amines is 2. The first-order valence-electron chi connectivity index (χ1n) is 9.11. The van der Waals surface area contributed by atoms with Crippen LogP contribution in [0, 0.1) is 0 Å². The van der Waals surface area contributed by atoms with Crippen molar-refractivity contribution >= 4 is 40.1 Å². The van der Waals surface area contributed by atoms with Gasteiger partial charge in [-0.1, -0.05) is 23.2 Å². The highest BCUT2D eigenvalue weighted by molar-refractivity contribution is 6.38. The molecule has 1 aliphatic rings. The van der Waals surface area contributed by atoms with Gasteiger partial charge in [-0.2, -0.15) is 5.10 Å². The molecule has 2 aromatic heterocycles. The lowest BCUT2D eigenvalue weighted by molar-refractivity contribution is 0.151. The molecule has 3 aromatic rings. The topological polar surface area (TPSA) is 76.8 Å². The summed E-state index contributed by atoms with van der Waals surface area (Å²) in [6.45, 7) is 1.30. The highest BCUT2D eigenvalue weighted by atomic mass is 35.5. The molecule has 3 heterocycles. The largest absolute Gasteiger partial charge is 0.361 e. The molecule has 0 aliphatic carbocycles. The Kier molecular flexibility index (Phi) is 5.27. The van der Waals surface area contributed by atoms with Gasteiger partial charge in [0.05, 0.1) is 17.3 Å². The predicted molar refractivity (Wildman–Crippen MR) is 107 cm³/mol. The number of nitrogens with one attached hydrogen (secondary N) is 3. The van der Waals surface area contributed by atoms with E-state index in [1.54, 1.807) is 12.3 Å². The molecular weight excluding hydrogens is 385 g/mol. The van der Waals surface area contributed by atoms with E-state index in [1.165, 1.54) is 0 Å². The van der Waals surface area contributed by atoms with Gasteiger partial charge in [0.2, 0.25) is 0 Å². The van der Waals surface area contributed by atoms with Gasteiger partial charge in [0.15, 0.2) is 0 Å². The number of piperidine rings is 1. The second-order valence-electron chi connectivity index (χ2n) is 6.84. The Morgan fingerprint density at radius 3 is 3.00 bits per heavy atom. The van der Waals surface area contributed by atoms with Crippen LogP contribution in [0.1, 0.15) is 36.4 Å². The molecule has 1 aliphatic heterocycles. The fourth-order valence-electron chi connectivity index (χ4n) is 3.82. The molecule has 0 radical (unpaired) electrons. The first kappa shape index (κ1) is 18.2. The van der Waals surface area contributed by atoms with E-state index in [2.05, 4.69) is 20.5 Å². The number of fused-ring (bicyclic) bond motifs is 1. The van der Waals surface area contributed by atoms with Crippen LogP contribution in [-0.2, 0) is 6.42 Å². The van der Waals surface area contributed by atoms with Crippen LogP contribution in [0.4, 0.5) is 4.79 Å². The zero-order valence-electron chi connectivity index (χ0n) is 14.8. The van der Waals surface area contributed by atoms with Gasteiger partial charge in [-0.25, -0.2) is 4.79 Å². The molecular formula is C19H21Cl2N5O. The number of likely N-dealkylation sites (tertiary alicyclic amines) is 1. The molecule has 0 bridgehead atoms. The van der Waals surface area contributed by atoms with Crippen molar-refractivity contribution < 1.29 is 4.79 Å². The highest BCUT2D eigenvalue weighted by Crippen LogP contribution is 2.31. The monoisotopic (exact) mass is 405 g/mol. The van der Waals surface area contributed by atoms with Gasteiger partial charge in [0, 0.05) is 47.0 Å². The maximum Gasteiger partial charge on any atom is 0.317 e. The number of halogens is 2. The summed E-state index contributed by atoms with van der Waals surface area (Å²) in [4.78, 5) is 17.8. The van der Waals surface area contributed by atoms with E-state index in [-0.39, 0.29) is 12.1 Å². The molecule has 27 heavy (non-hydrogen) atoms. The maximum absolute atomic E-state index is 12.7. The first-order valence-corrected chi connectivity index (χ1v) is 9.87. The number of urea groups is 1. The minimum Gasteiger partial charge on any atom is -0.361 e. The van der Waals surface area contributed by atoms with Gasteiger partial charge in [-0.15, -0.1) is 0 Å². The van der Waals surface area contributed by atoms with Gasteiger partial charge in [0.25, 0.3) is 0 Å². The van der Waals surface area contributed by atoms with Crippen molar-refractivity contribution in [1.29, 1.82) is 0 Å². The fraction of sp³-hybridized carbons (Fsp3) is 0.368. The van der Waals surface area contributed by atoms with Crippen molar-refractivity contribution in [2.24, 2.45) is 0 Å². The third kappa shape index (κ3) is 3.77. The number of H-pyrrole nitrogens is 2. The minimum absolute atomic E-state index is 0.0325. The lowest BCUT2D eigenvalue weighted by atomic mass is 9.98. The second kappa shape index (κ2) is 7.82. The maximum atomic E-state index is 12.7. The number of amides is 2. The molecule has 8 heteroatoms. The first-order chi connectivity index (χ1) is 13.1. The molecule has 2 amide bonds. The van der Waals surface area contributed by atoms with E-state index < -0.39 is 0 Å². The van der Waals surface area contributed by atoms with Crippen LogP contribution < -0.4 is 5.32 Å².